The van der Waals surface area contributed by atoms with Crippen LogP contribution in [-0.2, 0) is 14.3 Å². The highest BCUT2D eigenvalue weighted by molar-refractivity contribution is 5.76. The van der Waals surface area contributed by atoms with E-state index < -0.39 is 12.1 Å². The van der Waals surface area contributed by atoms with Crippen molar-refractivity contribution in [3.63, 3.8) is 0 Å². The van der Waals surface area contributed by atoms with E-state index >= 15 is 0 Å². The number of hydrogen-bond acceptors (Lipinski definition) is 5. The van der Waals surface area contributed by atoms with Gasteiger partial charge in [0, 0.05) is 12.8 Å². The van der Waals surface area contributed by atoms with Gasteiger partial charge in [-0.15, -0.1) is 0 Å². The summed E-state index contributed by atoms with van der Waals surface area (Å²) in [6, 6.07) is -0.627. The normalized spacial score (nSPS) is 12.7. The lowest BCUT2D eigenvalue weighted by Crippen LogP contribution is -2.45. The molecule has 0 bridgehead atoms. The fourth-order valence-electron chi connectivity index (χ4n) is 10.0. The van der Waals surface area contributed by atoms with Gasteiger partial charge in [0.1, 0.15) is 0 Å². The van der Waals surface area contributed by atoms with Crippen molar-refractivity contribution in [2.24, 2.45) is 0 Å². The fourth-order valence-corrected chi connectivity index (χ4v) is 10.0. The zero-order valence-corrected chi connectivity index (χ0v) is 48.0. The number of ether oxygens (including phenoxy) is 1. The molecule has 0 rings (SSSR count). The van der Waals surface area contributed by atoms with Gasteiger partial charge in [-0.2, -0.15) is 0 Å². The van der Waals surface area contributed by atoms with Crippen molar-refractivity contribution in [1.29, 1.82) is 0 Å². The van der Waals surface area contributed by atoms with Crippen LogP contribution in [0, 0.1) is 0 Å². The Labute approximate surface area is 443 Å². The molecule has 6 heteroatoms. The van der Waals surface area contributed by atoms with E-state index in [1.165, 1.54) is 283 Å². The SMILES string of the molecule is CCCCCCCCC/C=C\CCCCCCCCCC(=O)OCCCCCCCCCCCCCCCCCCCCCCCCC(=O)NC(CO)C(O)/C=C/CCCCCCCCCCCCCC. The molecule has 0 spiro atoms. The molecule has 0 aliphatic carbocycles. The maximum absolute atomic E-state index is 12.5. The molecule has 0 heterocycles. The molecule has 1 amide bonds. The number of unbranched alkanes of at least 4 members (excludes halogenated alkanes) is 47. The van der Waals surface area contributed by atoms with Gasteiger partial charge in [0.2, 0.25) is 5.91 Å². The lowest BCUT2D eigenvalue weighted by molar-refractivity contribution is -0.143. The van der Waals surface area contributed by atoms with Gasteiger partial charge in [-0.3, -0.25) is 9.59 Å². The smallest absolute Gasteiger partial charge is 0.305 e. The van der Waals surface area contributed by atoms with Crippen molar-refractivity contribution in [1.82, 2.24) is 5.32 Å². The second-order valence-corrected chi connectivity index (χ2v) is 22.1. The Kier molecular flexibility index (Phi) is 59.5. The summed E-state index contributed by atoms with van der Waals surface area (Å²) in [5.74, 6) is -0.0565. The minimum Gasteiger partial charge on any atom is -0.466 e. The molecular formula is C65H125NO5. The van der Waals surface area contributed by atoms with Gasteiger partial charge in [0.15, 0.2) is 0 Å². The number of amides is 1. The third kappa shape index (κ3) is 57.5. The summed E-state index contributed by atoms with van der Waals surface area (Å²) < 4.78 is 5.50. The molecule has 0 fully saturated rings. The van der Waals surface area contributed by atoms with Crippen LogP contribution in [0.25, 0.3) is 0 Å². The zero-order valence-electron chi connectivity index (χ0n) is 48.0. The number of esters is 1. The minimum absolute atomic E-state index is 0.0102. The van der Waals surface area contributed by atoms with Crippen molar-refractivity contribution >= 4 is 11.9 Å². The van der Waals surface area contributed by atoms with E-state index in [-0.39, 0.29) is 18.5 Å². The lowest BCUT2D eigenvalue weighted by atomic mass is 10.0. The van der Waals surface area contributed by atoms with Crippen LogP contribution in [0.5, 0.6) is 0 Å². The Bertz CT molecular complexity index is 1110. The Balaban J connectivity index is 3.38. The Morgan fingerprint density at radius 1 is 0.380 bits per heavy atom. The van der Waals surface area contributed by atoms with Crippen LogP contribution >= 0.6 is 0 Å². The number of nitrogens with one attached hydrogen (secondary N) is 1. The van der Waals surface area contributed by atoms with Crippen LogP contribution < -0.4 is 5.32 Å². The van der Waals surface area contributed by atoms with Gasteiger partial charge >= 0.3 is 5.97 Å². The molecule has 2 unspecified atom stereocenters. The maximum Gasteiger partial charge on any atom is 0.305 e. The minimum atomic E-state index is -0.844. The van der Waals surface area contributed by atoms with Crippen LogP contribution in [0.4, 0.5) is 0 Å². The van der Waals surface area contributed by atoms with Crippen LogP contribution in [0.3, 0.4) is 0 Å². The number of carbonyl (C=O) groups excluding carboxylic acids is 2. The van der Waals surface area contributed by atoms with E-state index in [1.54, 1.807) is 6.08 Å². The predicted molar refractivity (Wildman–Crippen MR) is 310 cm³/mol. The molecule has 71 heavy (non-hydrogen) atoms. The van der Waals surface area contributed by atoms with Gasteiger partial charge in [-0.05, 0) is 57.8 Å². The molecule has 6 nitrogen and oxygen atoms in total. The molecule has 0 saturated carbocycles. The average molecular weight is 1000 g/mol. The van der Waals surface area contributed by atoms with E-state index in [4.69, 9.17) is 4.74 Å². The van der Waals surface area contributed by atoms with Gasteiger partial charge in [0.25, 0.3) is 0 Å². The highest BCUT2D eigenvalue weighted by atomic mass is 16.5. The number of aliphatic hydroxyl groups is 2. The fraction of sp³-hybridized carbons (Fsp3) is 0.908. The first-order valence-corrected chi connectivity index (χ1v) is 32.1. The van der Waals surface area contributed by atoms with E-state index in [0.717, 1.165) is 44.9 Å². The quantitative estimate of drug-likeness (QED) is 0.0320. The van der Waals surface area contributed by atoms with Gasteiger partial charge in [0.05, 0.1) is 25.4 Å². The number of allylic oxidation sites excluding steroid dienone is 3. The van der Waals surface area contributed by atoms with Crippen molar-refractivity contribution in [3.05, 3.63) is 24.3 Å². The first-order chi connectivity index (χ1) is 35.0. The lowest BCUT2D eigenvalue weighted by Gasteiger charge is -2.20. The van der Waals surface area contributed by atoms with Crippen molar-refractivity contribution < 1.29 is 24.5 Å². The summed E-state index contributed by atoms with van der Waals surface area (Å²) in [5.41, 5.74) is 0. The van der Waals surface area contributed by atoms with Crippen molar-refractivity contribution in [2.75, 3.05) is 13.2 Å². The number of rotatable bonds is 60. The molecular weight excluding hydrogens is 875 g/mol. The third-order valence-corrected chi connectivity index (χ3v) is 15.0. The van der Waals surface area contributed by atoms with E-state index in [2.05, 4.69) is 31.3 Å². The summed E-state index contributed by atoms with van der Waals surface area (Å²) in [5, 5.41) is 23.1. The van der Waals surface area contributed by atoms with Crippen LogP contribution in [0.15, 0.2) is 24.3 Å². The second-order valence-electron chi connectivity index (χ2n) is 22.1. The average Bonchev–Trinajstić information content (AvgIpc) is 3.37. The van der Waals surface area contributed by atoms with Crippen LogP contribution in [0.1, 0.15) is 354 Å². The summed E-state index contributed by atoms with van der Waals surface area (Å²) in [6.45, 7) is 4.92. The van der Waals surface area contributed by atoms with Crippen molar-refractivity contribution in [3.8, 4) is 0 Å². The van der Waals surface area contributed by atoms with Gasteiger partial charge < -0.3 is 20.3 Å². The summed E-state index contributed by atoms with van der Waals surface area (Å²) in [6.07, 6.45) is 75.1. The largest absolute Gasteiger partial charge is 0.466 e. The molecule has 0 radical (unpaired) electrons. The molecule has 2 atom stereocenters. The summed E-state index contributed by atoms with van der Waals surface area (Å²) in [7, 11) is 0. The molecule has 3 N–H and O–H groups in total. The molecule has 0 aliphatic rings. The molecule has 0 aromatic heterocycles. The molecule has 420 valence electrons. The van der Waals surface area contributed by atoms with E-state index in [0.29, 0.717) is 19.4 Å². The predicted octanol–water partition coefficient (Wildman–Crippen LogP) is 20.2. The standard InChI is InChI=1S/C65H125NO5/c1-3-5-7-9-11-13-15-17-19-20-28-31-35-39-43-47-51-55-59-65(70)71-60-56-52-48-44-40-36-32-29-26-24-22-21-23-25-27-30-34-38-42-46-50-54-58-64(69)66-62(61-67)63(68)57-53-49-45-41-37-33-18-16-14-12-10-8-6-4-2/h19-20,53,57,62-63,67-68H,3-18,21-52,54-56,58-61H2,1-2H3,(H,66,69)/b20-19-,57-53+. The van der Waals surface area contributed by atoms with E-state index in [1.807, 2.05) is 6.08 Å². The molecule has 0 saturated heterocycles. The van der Waals surface area contributed by atoms with E-state index in [9.17, 15) is 19.8 Å². The van der Waals surface area contributed by atoms with Crippen LogP contribution in [0.2, 0.25) is 0 Å². The summed E-state index contributed by atoms with van der Waals surface area (Å²) >= 11 is 0. The van der Waals surface area contributed by atoms with Crippen LogP contribution in [-0.4, -0.2) is 47.4 Å². The molecule has 0 aromatic rings. The molecule has 0 aromatic carbocycles. The monoisotopic (exact) mass is 1000 g/mol. The Morgan fingerprint density at radius 2 is 0.662 bits per heavy atom. The highest BCUT2D eigenvalue weighted by Crippen LogP contribution is 2.18. The highest BCUT2D eigenvalue weighted by Gasteiger charge is 2.18. The van der Waals surface area contributed by atoms with Crippen molar-refractivity contribution in [2.45, 2.75) is 366 Å². The molecule has 0 aliphatic heterocycles. The second kappa shape index (κ2) is 60.9. The first kappa shape index (κ1) is 69.3. The first-order valence-electron chi connectivity index (χ1n) is 32.1. The van der Waals surface area contributed by atoms with Gasteiger partial charge in [-0.1, -0.05) is 308 Å². The number of hydrogen-bond donors (Lipinski definition) is 3. The zero-order chi connectivity index (χ0) is 51.4. The Morgan fingerprint density at radius 3 is 1.00 bits per heavy atom. The number of aliphatic hydroxyl groups excluding tert-OH is 2. The maximum atomic E-state index is 12.5. The Hall–Kier alpha value is -1.66. The van der Waals surface area contributed by atoms with Gasteiger partial charge in [-0.25, -0.2) is 0 Å². The third-order valence-electron chi connectivity index (χ3n) is 15.0. The number of carbonyl (C=O) groups is 2. The topological polar surface area (TPSA) is 95.9 Å². The summed E-state index contributed by atoms with van der Waals surface area (Å²) in [4.78, 5) is 24.6.